The predicted molar refractivity (Wildman–Crippen MR) is 20.6 cm³/mol. The summed E-state index contributed by atoms with van der Waals surface area (Å²) in [4.78, 5) is 0. The molecule has 0 aliphatic carbocycles. The summed E-state index contributed by atoms with van der Waals surface area (Å²) >= 11 is 2.38. The molecule has 0 saturated carbocycles. The van der Waals surface area contributed by atoms with Crippen molar-refractivity contribution in [3.63, 3.8) is 0 Å². The van der Waals surface area contributed by atoms with Gasteiger partial charge in [0, 0.05) is 0 Å². The van der Waals surface area contributed by atoms with Crippen molar-refractivity contribution in [1.29, 1.82) is 0 Å². The van der Waals surface area contributed by atoms with E-state index in [1.165, 1.54) is 0 Å². The summed E-state index contributed by atoms with van der Waals surface area (Å²) in [6.45, 7) is 2.25. The summed E-state index contributed by atoms with van der Waals surface area (Å²) in [7, 11) is 0. The standard InChI is InChI=1S/C4H7O2.Au/c1-2-6-4-3-5-1;/h1H,2-4H2;. The van der Waals surface area contributed by atoms with Gasteiger partial charge in [-0.2, -0.15) is 0 Å². The van der Waals surface area contributed by atoms with Crippen molar-refractivity contribution in [2.24, 2.45) is 0 Å². The van der Waals surface area contributed by atoms with Crippen LogP contribution in [0, 0.1) is 0 Å². The van der Waals surface area contributed by atoms with E-state index >= 15 is 0 Å². The van der Waals surface area contributed by atoms with Crippen LogP contribution in [0.4, 0.5) is 0 Å². The van der Waals surface area contributed by atoms with E-state index < -0.39 is 0 Å². The SMILES string of the molecule is [Au][CH]1COCCO1. The zero-order chi connectivity index (χ0) is 5.11. The molecule has 0 amide bonds. The van der Waals surface area contributed by atoms with E-state index in [-0.39, 0.29) is 4.32 Å². The zero-order valence-corrected chi connectivity index (χ0v) is 5.98. The van der Waals surface area contributed by atoms with Crippen LogP contribution in [0.25, 0.3) is 0 Å². The van der Waals surface area contributed by atoms with Crippen LogP contribution in [0.1, 0.15) is 0 Å². The summed E-state index contributed by atoms with van der Waals surface area (Å²) in [5, 5.41) is 0. The average molecular weight is 284 g/mol. The predicted octanol–water partition coefficient (Wildman–Crippen LogP) is -0.0939. The zero-order valence-electron chi connectivity index (χ0n) is 3.82. The van der Waals surface area contributed by atoms with Crippen LogP contribution < -0.4 is 0 Å². The molecule has 0 bridgehead atoms. The first kappa shape index (κ1) is 5.79. The van der Waals surface area contributed by atoms with Crippen molar-refractivity contribution in [3.8, 4) is 0 Å². The quantitative estimate of drug-likeness (QED) is 0.579. The first-order valence-corrected chi connectivity index (χ1v) is 3.43. The molecule has 0 aromatic rings. The van der Waals surface area contributed by atoms with Crippen LogP contribution in [-0.2, 0) is 30.5 Å². The second-order valence-electron chi connectivity index (χ2n) is 1.31. The average Bonchev–Trinajstić information content (AvgIpc) is 1.69. The molecule has 1 fully saturated rings. The van der Waals surface area contributed by atoms with Gasteiger partial charge >= 0.3 is 54.7 Å². The van der Waals surface area contributed by atoms with Crippen molar-refractivity contribution in [1.82, 2.24) is 0 Å². The molecule has 1 saturated heterocycles. The Kier molecular flexibility index (Phi) is 2.35. The van der Waals surface area contributed by atoms with Gasteiger partial charge in [0.2, 0.25) is 0 Å². The minimum absolute atomic E-state index is 0.258. The van der Waals surface area contributed by atoms with Gasteiger partial charge in [-0.15, -0.1) is 0 Å². The Balaban J connectivity index is 2.12. The van der Waals surface area contributed by atoms with Gasteiger partial charge in [-0.3, -0.25) is 0 Å². The molecular formula is C4H7AuO2. The van der Waals surface area contributed by atoms with Gasteiger partial charge in [-0.05, 0) is 0 Å². The van der Waals surface area contributed by atoms with E-state index in [0.717, 1.165) is 19.8 Å². The van der Waals surface area contributed by atoms with Crippen molar-refractivity contribution in [3.05, 3.63) is 0 Å². The molecule has 0 spiro atoms. The van der Waals surface area contributed by atoms with Crippen LogP contribution in [0.2, 0.25) is 0 Å². The molecule has 1 unspecified atom stereocenters. The fourth-order valence-corrected chi connectivity index (χ4v) is 0.952. The molecule has 7 heavy (non-hydrogen) atoms. The molecule has 0 aromatic heterocycles. The molecule has 0 N–H and O–H groups in total. The van der Waals surface area contributed by atoms with E-state index in [4.69, 9.17) is 9.47 Å². The van der Waals surface area contributed by atoms with Crippen LogP contribution in [0.5, 0.6) is 0 Å². The number of hydrogen-bond acceptors (Lipinski definition) is 2. The summed E-state index contributed by atoms with van der Waals surface area (Å²) in [5.41, 5.74) is 0. The van der Waals surface area contributed by atoms with E-state index in [1.54, 1.807) is 0 Å². The summed E-state index contributed by atoms with van der Waals surface area (Å²) in [6.07, 6.45) is 0. The fourth-order valence-electron chi connectivity index (χ4n) is 0.441. The molecule has 2 nitrogen and oxygen atoms in total. The summed E-state index contributed by atoms with van der Waals surface area (Å²) < 4.78 is 10.4. The van der Waals surface area contributed by atoms with Crippen molar-refractivity contribution >= 4 is 0 Å². The monoisotopic (exact) mass is 284 g/mol. The van der Waals surface area contributed by atoms with Crippen LogP contribution in [-0.4, -0.2) is 24.1 Å². The van der Waals surface area contributed by atoms with Gasteiger partial charge in [-0.1, -0.05) is 0 Å². The number of rotatable bonds is 0. The molecular weight excluding hydrogens is 277 g/mol. The van der Waals surface area contributed by atoms with Crippen LogP contribution >= 0.6 is 0 Å². The molecule has 0 radical (unpaired) electrons. The molecule has 1 aliphatic rings. The summed E-state index contributed by atoms with van der Waals surface area (Å²) in [5.74, 6) is 0. The Labute approximate surface area is 55.1 Å². The van der Waals surface area contributed by atoms with Crippen molar-refractivity contribution < 1.29 is 30.5 Å². The van der Waals surface area contributed by atoms with Crippen molar-refractivity contribution in [2.45, 2.75) is 4.32 Å². The maximum atomic E-state index is 5.13. The number of ether oxygens (including phenoxy) is 2. The Morgan fingerprint density at radius 2 is 2.29 bits per heavy atom. The van der Waals surface area contributed by atoms with E-state index in [9.17, 15) is 0 Å². The first-order valence-electron chi connectivity index (χ1n) is 2.18. The Morgan fingerprint density at radius 1 is 1.43 bits per heavy atom. The van der Waals surface area contributed by atoms with E-state index in [0.29, 0.717) is 0 Å². The van der Waals surface area contributed by atoms with Gasteiger partial charge in [0.25, 0.3) is 0 Å². The Hall–Kier alpha value is 0.660. The van der Waals surface area contributed by atoms with Gasteiger partial charge in [0.05, 0.1) is 0 Å². The minimum atomic E-state index is 0.258. The first-order chi connectivity index (χ1) is 3.39. The normalized spacial score (nSPS) is 33.1. The second kappa shape index (κ2) is 2.85. The molecule has 1 aliphatic heterocycles. The van der Waals surface area contributed by atoms with Gasteiger partial charge in [0.15, 0.2) is 0 Å². The third-order valence-electron chi connectivity index (χ3n) is 0.750. The fraction of sp³-hybridized carbons (Fsp3) is 1.00. The van der Waals surface area contributed by atoms with Gasteiger partial charge in [0.1, 0.15) is 0 Å². The maximum absolute atomic E-state index is 5.13. The topological polar surface area (TPSA) is 18.5 Å². The molecule has 3 heteroatoms. The molecule has 1 atom stereocenters. The molecule has 46 valence electrons. The Morgan fingerprint density at radius 3 is 2.57 bits per heavy atom. The van der Waals surface area contributed by atoms with Crippen LogP contribution in [0.15, 0.2) is 0 Å². The molecule has 1 heterocycles. The second-order valence-corrected chi connectivity index (χ2v) is 2.70. The van der Waals surface area contributed by atoms with E-state index in [1.807, 2.05) is 0 Å². The Bertz CT molecular complexity index is 51.7. The van der Waals surface area contributed by atoms with Crippen molar-refractivity contribution in [2.75, 3.05) is 19.8 Å². The third-order valence-corrected chi connectivity index (χ3v) is 1.47. The molecule has 1 rings (SSSR count). The van der Waals surface area contributed by atoms with E-state index in [2.05, 4.69) is 21.1 Å². The molecule has 0 aromatic carbocycles. The van der Waals surface area contributed by atoms with Crippen LogP contribution in [0.3, 0.4) is 0 Å². The van der Waals surface area contributed by atoms with Gasteiger partial charge < -0.3 is 0 Å². The third kappa shape index (κ3) is 1.93. The van der Waals surface area contributed by atoms with Gasteiger partial charge in [-0.25, -0.2) is 0 Å². The number of hydrogen-bond donors (Lipinski definition) is 0. The summed E-state index contributed by atoms with van der Waals surface area (Å²) in [6, 6.07) is 0.